The quantitative estimate of drug-likeness (QED) is 0.572. The zero-order valence-electron chi connectivity index (χ0n) is 11.8. The van der Waals surface area contributed by atoms with Gasteiger partial charge in [-0.1, -0.05) is 0 Å². The van der Waals surface area contributed by atoms with Crippen LogP contribution in [-0.4, -0.2) is 45.7 Å². The van der Waals surface area contributed by atoms with Crippen LogP contribution in [0.4, 0.5) is 4.39 Å². The molecule has 0 saturated carbocycles. The molecule has 6 nitrogen and oxygen atoms in total. The Balaban J connectivity index is 0.00000400. The molecule has 0 unspecified atom stereocenters. The molecule has 0 radical (unpaired) electrons. The Bertz CT molecular complexity index is 485. The maximum Gasteiger partial charge on any atom is 0.341 e. The Morgan fingerprint density at radius 1 is 1.29 bits per heavy atom. The molecule has 0 heterocycles. The highest BCUT2D eigenvalue weighted by atomic mass is 35.5. The van der Waals surface area contributed by atoms with Gasteiger partial charge >= 0.3 is 5.97 Å². The molecule has 0 bridgehead atoms. The van der Waals surface area contributed by atoms with Crippen molar-refractivity contribution in [1.82, 2.24) is 10.6 Å². The fourth-order valence-electron chi connectivity index (χ4n) is 1.42. The summed E-state index contributed by atoms with van der Waals surface area (Å²) >= 11 is 0. The molecule has 1 aromatic rings. The lowest BCUT2D eigenvalue weighted by Crippen LogP contribution is -2.34. The number of nitrogens with one attached hydrogen (secondary N) is 2. The van der Waals surface area contributed by atoms with Crippen molar-refractivity contribution in [3.05, 3.63) is 29.6 Å². The first-order chi connectivity index (χ1) is 9.58. The Hall–Kier alpha value is -1.86. The van der Waals surface area contributed by atoms with Gasteiger partial charge in [0.15, 0.2) is 6.61 Å². The summed E-state index contributed by atoms with van der Waals surface area (Å²) in [5.74, 6) is -1.55. The summed E-state index contributed by atoms with van der Waals surface area (Å²) in [6.07, 6.45) is 0. The zero-order valence-corrected chi connectivity index (χ0v) is 12.6. The van der Waals surface area contributed by atoms with Crippen LogP contribution in [0, 0.1) is 5.82 Å². The normalized spacial score (nSPS) is 9.48. The lowest BCUT2D eigenvalue weighted by molar-refractivity contribution is -0.123. The third kappa shape index (κ3) is 6.42. The number of likely N-dealkylation sites (N-methyl/N-ethyl adjacent to an activating group) is 1. The van der Waals surface area contributed by atoms with Crippen molar-refractivity contribution in [1.29, 1.82) is 0 Å². The Kier molecular flexibility index (Phi) is 9.07. The van der Waals surface area contributed by atoms with Crippen LogP contribution in [0.5, 0.6) is 5.75 Å². The minimum Gasteiger partial charge on any atom is -0.483 e. The first-order valence-corrected chi connectivity index (χ1v) is 6.00. The molecule has 21 heavy (non-hydrogen) atoms. The molecule has 0 spiro atoms. The van der Waals surface area contributed by atoms with E-state index in [1.54, 1.807) is 7.05 Å². The Morgan fingerprint density at radius 3 is 2.62 bits per heavy atom. The maximum atomic E-state index is 13.1. The van der Waals surface area contributed by atoms with Crippen LogP contribution in [0.25, 0.3) is 0 Å². The molecule has 0 fully saturated rings. The molecule has 1 aromatic carbocycles. The van der Waals surface area contributed by atoms with E-state index in [1.807, 2.05) is 0 Å². The summed E-state index contributed by atoms with van der Waals surface area (Å²) in [5, 5.41) is 5.49. The Labute approximate surface area is 128 Å². The predicted octanol–water partition coefficient (Wildman–Crippen LogP) is 0.748. The van der Waals surface area contributed by atoms with Gasteiger partial charge < -0.3 is 20.1 Å². The van der Waals surface area contributed by atoms with Gasteiger partial charge in [0.1, 0.15) is 17.1 Å². The smallest absolute Gasteiger partial charge is 0.341 e. The van der Waals surface area contributed by atoms with E-state index in [9.17, 15) is 14.0 Å². The highest BCUT2D eigenvalue weighted by Crippen LogP contribution is 2.20. The molecule has 0 aliphatic carbocycles. The van der Waals surface area contributed by atoms with E-state index < -0.39 is 11.8 Å². The first-order valence-electron chi connectivity index (χ1n) is 6.00. The minimum absolute atomic E-state index is 0. The average Bonchev–Trinajstić information content (AvgIpc) is 2.45. The van der Waals surface area contributed by atoms with Gasteiger partial charge in [0.25, 0.3) is 5.91 Å². The van der Waals surface area contributed by atoms with E-state index in [4.69, 9.17) is 4.74 Å². The van der Waals surface area contributed by atoms with Crippen LogP contribution < -0.4 is 15.4 Å². The van der Waals surface area contributed by atoms with Gasteiger partial charge in [0.05, 0.1) is 7.11 Å². The van der Waals surface area contributed by atoms with Crippen molar-refractivity contribution in [2.24, 2.45) is 0 Å². The lowest BCUT2D eigenvalue weighted by atomic mass is 10.2. The summed E-state index contributed by atoms with van der Waals surface area (Å²) in [7, 11) is 2.95. The number of ether oxygens (including phenoxy) is 2. The van der Waals surface area contributed by atoms with Crippen molar-refractivity contribution >= 4 is 24.3 Å². The first kappa shape index (κ1) is 19.1. The van der Waals surface area contributed by atoms with Gasteiger partial charge in [-0.25, -0.2) is 9.18 Å². The van der Waals surface area contributed by atoms with Crippen LogP contribution in [0.3, 0.4) is 0 Å². The topological polar surface area (TPSA) is 76.7 Å². The second-order valence-electron chi connectivity index (χ2n) is 3.87. The van der Waals surface area contributed by atoms with E-state index in [-0.39, 0.29) is 36.2 Å². The summed E-state index contributed by atoms with van der Waals surface area (Å²) in [6.45, 7) is 0.834. The number of methoxy groups -OCH3 is 1. The van der Waals surface area contributed by atoms with E-state index in [2.05, 4.69) is 15.4 Å². The maximum absolute atomic E-state index is 13.1. The molecule has 2 N–H and O–H groups in total. The number of carbonyl (C=O) groups excluding carboxylic acids is 2. The second-order valence-corrected chi connectivity index (χ2v) is 3.87. The lowest BCUT2D eigenvalue weighted by Gasteiger charge is -2.10. The standard InChI is InChI=1S/C13H17FN2O4.ClH/c1-15-5-6-16-12(17)8-20-11-4-3-9(14)7-10(11)13(18)19-2;/h3-4,7,15H,5-6,8H2,1-2H3,(H,16,17);1H. The van der Waals surface area contributed by atoms with Crippen molar-refractivity contribution in [2.45, 2.75) is 0 Å². The molecular formula is C13H18ClFN2O4. The number of rotatable bonds is 7. The second kappa shape index (κ2) is 9.95. The predicted molar refractivity (Wildman–Crippen MR) is 77.4 cm³/mol. The van der Waals surface area contributed by atoms with Crippen LogP contribution in [-0.2, 0) is 9.53 Å². The number of hydrogen-bond acceptors (Lipinski definition) is 5. The monoisotopic (exact) mass is 320 g/mol. The molecular weight excluding hydrogens is 303 g/mol. The van der Waals surface area contributed by atoms with E-state index >= 15 is 0 Å². The van der Waals surface area contributed by atoms with Crippen molar-refractivity contribution in [2.75, 3.05) is 33.9 Å². The SMILES string of the molecule is CNCCNC(=O)COc1ccc(F)cc1C(=O)OC.Cl. The molecule has 0 saturated heterocycles. The average molecular weight is 321 g/mol. The minimum atomic E-state index is -0.727. The summed E-state index contributed by atoms with van der Waals surface area (Å²) in [6, 6.07) is 3.42. The molecule has 118 valence electrons. The molecule has 0 aliphatic heterocycles. The van der Waals surface area contributed by atoms with Gasteiger partial charge in [-0.05, 0) is 25.2 Å². The third-order valence-corrected chi connectivity index (χ3v) is 2.40. The number of hydrogen-bond donors (Lipinski definition) is 2. The molecule has 1 rings (SSSR count). The highest BCUT2D eigenvalue weighted by molar-refractivity contribution is 5.92. The van der Waals surface area contributed by atoms with Crippen LogP contribution >= 0.6 is 12.4 Å². The van der Waals surface area contributed by atoms with Crippen LogP contribution in [0.15, 0.2) is 18.2 Å². The largest absolute Gasteiger partial charge is 0.483 e. The number of carbonyl (C=O) groups is 2. The van der Waals surface area contributed by atoms with Gasteiger partial charge in [0, 0.05) is 13.1 Å². The van der Waals surface area contributed by atoms with Crippen molar-refractivity contribution in [3.63, 3.8) is 0 Å². The van der Waals surface area contributed by atoms with Crippen LogP contribution in [0.2, 0.25) is 0 Å². The number of benzene rings is 1. The number of esters is 1. The van der Waals surface area contributed by atoms with Gasteiger partial charge in [-0.3, -0.25) is 4.79 Å². The number of halogens is 2. The van der Waals surface area contributed by atoms with E-state index in [1.165, 1.54) is 13.2 Å². The molecule has 8 heteroatoms. The molecule has 1 amide bonds. The van der Waals surface area contributed by atoms with Crippen LogP contribution in [0.1, 0.15) is 10.4 Å². The molecule has 0 aromatic heterocycles. The van der Waals surface area contributed by atoms with Gasteiger partial charge in [0.2, 0.25) is 0 Å². The zero-order chi connectivity index (χ0) is 15.0. The number of amides is 1. The molecule has 0 atom stereocenters. The van der Waals surface area contributed by atoms with Gasteiger partial charge in [-0.2, -0.15) is 0 Å². The fraction of sp³-hybridized carbons (Fsp3) is 0.385. The van der Waals surface area contributed by atoms with E-state index in [0.29, 0.717) is 13.1 Å². The van der Waals surface area contributed by atoms with Crippen molar-refractivity contribution < 1.29 is 23.5 Å². The van der Waals surface area contributed by atoms with Gasteiger partial charge in [-0.15, -0.1) is 12.4 Å². The summed E-state index contributed by atoms with van der Waals surface area (Å²) in [4.78, 5) is 22.9. The van der Waals surface area contributed by atoms with E-state index in [0.717, 1.165) is 12.1 Å². The summed E-state index contributed by atoms with van der Waals surface area (Å²) < 4.78 is 22.8. The van der Waals surface area contributed by atoms with Crippen molar-refractivity contribution in [3.8, 4) is 5.75 Å². The fourth-order valence-corrected chi connectivity index (χ4v) is 1.42. The summed E-state index contributed by atoms with van der Waals surface area (Å²) in [5.41, 5.74) is -0.0597. The molecule has 0 aliphatic rings. The highest BCUT2D eigenvalue weighted by Gasteiger charge is 2.15. The third-order valence-electron chi connectivity index (χ3n) is 2.40. The Morgan fingerprint density at radius 2 is 2.00 bits per heavy atom.